The van der Waals surface area contributed by atoms with Gasteiger partial charge in [0.1, 0.15) is 0 Å². The van der Waals surface area contributed by atoms with Gasteiger partial charge in [-0.1, -0.05) is 0 Å². The molecular weight excluding hydrogens is 310 g/mol. The monoisotopic (exact) mass is 331 g/mol. The van der Waals surface area contributed by atoms with Gasteiger partial charge in [-0.15, -0.1) is 0 Å². The molecule has 0 unspecified atom stereocenters. The number of benzene rings is 1. The molecule has 1 aromatic rings. The van der Waals surface area contributed by atoms with Crippen molar-refractivity contribution in [2.75, 3.05) is 13.2 Å². The van der Waals surface area contributed by atoms with Gasteiger partial charge in [-0.2, -0.15) is 0 Å². The zero-order valence-corrected chi connectivity index (χ0v) is 13.3. The maximum atomic E-state index is 9.68. The maximum Gasteiger partial charge on any atom is 0.175 e. The molecule has 5 heteroatoms. The van der Waals surface area contributed by atoms with Crippen molar-refractivity contribution >= 4 is 15.9 Å². The molecule has 3 N–H and O–H groups in total. The molecule has 0 bridgehead atoms. The fourth-order valence-corrected chi connectivity index (χ4v) is 2.15. The van der Waals surface area contributed by atoms with Crippen LogP contribution in [0.4, 0.5) is 0 Å². The van der Waals surface area contributed by atoms with Crippen molar-refractivity contribution in [3.8, 4) is 11.5 Å². The second-order valence-electron chi connectivity index (χ2n) is 4.95. The minimum atomic E-state index is -0.741. The van der Waals surface area contributed by atoms with Crippen molar-refractivity contribution in [3.05, 3.63) is 22.2 Å². The lowest BCUT2D eigenvalue weighted by Crippen LogP contribution is -2.22. The number of hydrogen-bond acceptors (Lipinski definition) is 4. The van der Waals surface area contributed by atoms with Crippen LogP contribution in [0.25, 0.3) is 0 Å². The Morgan fingerprint density at radius 2 is 2.00 bits per heavy atom. The molecule has 0 aromatic heterocycles. The van der Waals surface area contributed by atoms with Crippen LogP contribution in [0.5, 0.6) is 11.5 Å². The molecule has 0 heterocycles. The molecule has 108 valence electrons. The van der Waals surface area contributed by atoms with Crippen LogP contribution in [-0.4, -0.2) is 23.9 Å². The molecule has 0 aliphatic heterocycles. The SMILES string of the molecule is CCOc1cc(CN)cc(Br)c1OCCC(C)(C)O. The molecule has 0 radical (unpaired) electrons. The van der Waals surface area contributed by atoms with Crippen molar-refractivity contribution in [2.45, 2.75) is 39.3 Å². The van der Waals surface area contributed by atoms with Crippen molar-refractivity contribution in [2.24, 2.45) is 5.73 Å². The summed E-state index contributed by atoms with van der Waals surface area (Å²) in [5, 5.41) is 9.68. The van der Waals surface area contributed by atoms with E-state index >= 15 is 0 Å². The molecule has 0 atom stereocenters. The summed E-state index contributed by atoms with van der Waals surface area (Å²) in [6, 6.07) is 3.80. The Kier molecular flexibility index (Phi) is 6.10. The first-order valence-corrected chi connectivity index (χ1v) is 7.17. The fraction of sp³-hybridized carbons (Fsp3) is 0.571. The topological polar surface area (TPSA) is 64.7 Å². The van der Waals surface area contributed by atoms with E-state index in [1.807, 2.05) is 19.1 Å². The zero-order valence-electron chi connectivity index (χ0n) is 11.7. The predicted octanol–water partition coefficient (Wildman–Crippen LogP) is 2.85. The van der Waals surface area contributed by atoms with Crippen LogP contribution in [-0.2, 0) is 6.54 Å². The third-order valence-electron chi connectivity index (χ3n) is 2.57. The molecule has 19 heavy (non-hydrogen) atoms. The first-order chi connectivity index (χ1) is 8.87. The van der Waals surface area contributed by atoms with Crippen molar-refractivity contribution < 1.29 is 14.6 Å². The lowest BCUT2D eigenvalue weighted by molar-refractivity contribution is 0.0547. The Balaban J connectivity index is 2.85. The quantitative estimate of drug-likeness (QED) is 0.806. The summed E-state index contributed by atoms with van der Waals surface area (Å²) in [6.45, 7) is 6.86. The average Bonchev–Trinajstić information content (AvgIpc) is 2.31. The Labute approximate surface area is 123 Å². The van der Waals surface area contributed by atoms with Gasteiger partial charge in [-0.05, 0) is 54.4 Å². The number of aliphatic hydroxyl groups is 1. The summed E-state index contributed by atoms with van der Waals surface area (Å²) in [6.07, 6.45) is 0.545. The normalized spacial score (nSPS) is 11.5. The van der Waals surface area contributed by atoms with Crippen LogP contribution in [0.3, 0.4) is 0 Å². The summed E-state index contributed by atoms with van der Waals surface area (Å²) in [4.78, 5) is 0. The maximum absolute atomic E-state index is 9.68. The van der Waals surface area contributed by atoms with Gasteiger partial charge in [0.2, 0.25) is 0 Å². The molecule has 0 aliphatic rings. The summed E-state index contributed by atoms with van der Waals surface area (Å²) in [7, 11) is 0. The van der Waals surface area contributed by atoms with Crippen LogP contribution >= 0.6 is 15.9 Å². The Morgan fingerprint density at radius 3 is 2.53 bits per heavy atom. The van der Waals surface area contributed by atoms with Crippen LogP contribution in [0.1, 0.15) is 32.8 Å². The van der Waals surface area contributed by atoms with Crippen LogP contribution in [0.2, 0.25) is 0 Å². The van der Waals surface area contributed by atoms with Gasteiger partial charge < -0.3 is 20.3 Å². The number of ether oxygens (including phenoxy) is 2. The van der Waals surface area contributed by atoms with Gasteiger partial charge in [0.05, 0.1) is 23.3 Å². The highest BCUT2D eigenvalue weighted by Crippen LogP contribution is 2.37. The smallest absolute Gasteiger partial charge is 0.175 e. The second-order valence-corrected chi connectivity index (χ2v) is 5.81. The lowest BCUT2D eigenvalue weighted by Gasteiger charge is -2.19. The van der Waals surface area contributed by atoms with Crippen molar-refractivity contribution in [3.63, 3.8) is 0 Å². The molecule has 0 fully saturated rings. The van der Waals surface area contributed by atoms with Gasteiger partial charge in [0.15, 0.2) is 11.5 Å². The van der Waals surface area contributed by atoms with E-state index in [0.29, 0.717) is 37.7 Å². The third-order valence-corrected chi connectivity index (χ3v) is 3.15. The third kappa shape index (κ3) is 5.38. The van der Waals surface area contributed by atoms with Crippen LogP contribution in [0.15, 0.2) is 16.6 Å². The zero-order chi connectivity index (χ0) is 14.5. The van der Waals surface area contributed by atoms with E-state index in [4.69, 9.17) is 15.2 Å². The Morgan fingerprint density at radius 1 is 1.32 bits per heavy atom. The molecule has 0 spiro atoms. The van der Waals surface area contributed by atoms with Crippen LogP contribution in [0, 0.1) is 0 Å². The second kappa shape index (κ2) is 7.12. The van der Waals surface area contributed by atoms with E-state index in [9.17, 15) is 5.11 Å². The van der Waals surface area contributed by atoms with Crippen molar-refractivity contribution in [1.82, 2.24) is 0 Å². The molecular formula is C14H22BrNO3. The molecule has 4 nitrogen and oxygen atoms in total. The summed E-state index contributed by atoms with van der Waals surface area (Å²) in [5.41, 5.74) is 5.88. The summed E-state index contributed by atoms with van der Waals surface area (Å²) < 4.78 is 12.1. The number of halogens is 1. The highest BCUT2D eigenvalue weighted by atomic mass is 79.9. The van der Waals surface area contributed by atoms with Gasteiger partial charge in [0, 0.05) is 13.0 Å². The number of nitrogens with two attached hydrogens (primary N) is 1. The fourth-order valence-electron chi connectivity index (χ4n) is 1.55. The average molecular weight is 332 g/mol. The summed E-state index contributed by atoms with van der Waals surface area (Å²) in [5.74, 6) is 1.33. The minimum Gasteiger partial charge on any atom is -0.490 e. The highest BCUT2D eigenvalue weighted by molar-refractivity contribution is 9.10. The molecule has 0 saturated heterocycles. The Hall–Kier alpha value is -0.780. The molecule has 0 aliphatic carbocycles. The standard InChI is InChI=1S/C14H22BrNO3/c1-4-18-12-8-10(9-16)7-11(15)13(12)19-6-5-14(2,3)17/h7-8,17H,4-6,9,16H2,1-3H3. The van der Waals surface area contributed by atoms with E-state index in [1.165, 1.54) is 0 Å². The van der Waals surface area contributed by atoms with E-state index < -0.39 is 5.60 Å². The van der Waals surface area contributed by atoms with Gasteiger partial charge in [-0.25, -0.2) is 0 Å². The van der Waals surface area contributed by atoms with Gasteiger partial charge >= 0.3 is 0 Å². The van der Waals surface area contributed by atoms with E-state index in [1.54, 1.807) is 13.8 Å². The van der Waals surface area contributed by atoms with E-state index in [2.05, 4.69) is 15.9 Å². The lowest BCUT2D eigenvalue weighted by atomic mass is 10.1. The molecule has 1 rings (SSSR count). The summed E-state index contributed by atoms with van der Waals surface area (Å²) >= 11 is 3.47. The molecule has 0 amide bonds. The Bertz CT molecular complexity index is 416. The van der Waals surface area contributed by atoms with E-state index in [-0.39, 0.29) is 0 Å². The van der Waals surface area contributed by atoms with Crippen molar-refractivity contribution in [1.29, 1.82) is 0 Å². The highest BCUT2D eigenvalue weighted by Gasteiger charge is 2.15. The predicted molar refractivity (Wildman–Crippen MR) is 79.6 cm³/mol. The number of hydrogen-bond donors (Lipinski definition) is 2. The first-order valence-electron chi connectivity index (χ1n) is 6.38. The van der Waals surface area contributed by atoms with E-state index in [0.717, 1.165) is 10.0 Å². The van der Waals surface area contributed by atoms with Gasteiger partial charge in [-0.3, -0.25) is 0 Å². The first kappa shape index (κ1) is 16.3. The molecule has 0 saturated carbocycles. The minimum absolute atomic E-state index is 0.421. The largest absolute Gasteiger partial charge is 0.490 e. The number of rotatable bonds is 7. The van der Waals surface area contributed by atoms with Crippen LogP contribution < -0.4 is 15.2 Å². The molecule has 1 aromatic carbocycles. The van der Waals surface area contributed by atoms with Gasteiger partial charge in [0.25, 0.3) is 0 Å².